The fraction of sp³-hybridized carbons (Fsp3) is 1.00. The minimum absolute atomic E-state index is 0. The van der Waals surface area contributed by atoms with E-state index in [9.17, 15) is 0 Å². The average molecular weight is 100 g/mol. The molecule has 0 unspecified atom stereocenters. The number of halogens is 1. The van der Waals surface area contributed by atoms with Gasteiger partial charge < -0.3 is 11.9 Å². The highest BCUT2D eigenvalue weighted by Crippen LogP contribution is 1.14. The SMILES string of the molecule is CC.CN.F.N.[HH]. The molecule has 0 aliphatic carbocycles. The predicted molar refractivity (Wildman–Crippen MR) is 31.1 cm³/mol. The Bertz CT molecular complexity index is 12.9. The molecule has 0 amide bonds. The molecule has 6 heavy (non-hydrogen) atoms. The highest BCUT2D eigenvalue weighted by molar-refractivity contribution is 3.54. The maximum absolute atomic E-state index is 4.50. The maximum atomic E-state index is 4.50. The monoisotopic (exact) mass is 100 g/mol. The Morgan fingerprint density at radius 3 is 1.17 bits per heavy atom. The van der Waals surface area contributed by atoms with Crippen molar-refractivity contribution in [1.82, 2.24) is 6.15 Å². The number of hydrogen-bond donors (Lipinski definition) is 2. The molecule has 0 aliphatic rings. The quantitative estimate of drug-likeness (QED) is 0.480. The maximum Gasteiger partial charge on any atom is 0 e. The Labute approximate surface area is 40.2 Å². The summed E-state index contributed by atoms with van der Waals surface area (Å²) in [4.78, 5) is 0. The summed E-state index contributed by atoms with van der Waals surface area (Å²) in [7, 11) is 1.50. The van der Waals surface area contributed by atoms with Gasteiger partial charge in [-0.2, -0.15) is 0 Å². The van der Waals surface area contributed by atoms with Gasteiger partial charge in [0.15, 0.2) is 0 Å². The van der Waals surface area contributed by atoms with Crippen LogP contribution in [0.5, 0.6) is 0 Å². The summed E-state index contributed by atoms with van der Waals surface area (Å²) in [6, 6.07) is 0. The largest absolute Gasteiger partial charge is 0.344 e. The van der Waals surface area contributed by atoms with E-state index in [1.807, 2.05) is 13.8 Å². The number of nitrogens with two attached hydrogens (primary N) is 1. The zero-order chi connectivity index (χ0) is 4.00. The Kier molecular flexibility index (Phi) is 21400. The van der Waals surface area contributed by atoms with Gasteiger partial charge in [0.05, 0.1) is 0 Å². The van der Waals surface area contributed by atoms with Crippen molar-refractivity contribution >= 4 is 0 Å². The van der Waals surface area contributed by atoms with Crippen molar-refractivity contribution < 1.29 is 6.13 Å². The number of hydrogen-bond acceptors (Lipinski definition) is 2. The molecule has 0 aromatic heterocycles. The van der Waals surface area contributed by atoms with Gasteiger partial charge in [-0.25, -0.2) is 0 Å². The highest BCUT2D eigenvalue weighted by Gasteiger charge is 0.932. The van der Waals surface area contributed by atoms with Gasteiger partial charge in [0, 0.05) is 1.43 Å². The molecular weight excluding hydrogens is 83.0 g/mol. The van der Waals surface area contributed by atoms with Crippen LogP contribution in [0.2, 0.25) is 0 Å². The molecule has 0 bridgehead atoms. The molecule has 0 spiro atoms. The van der Waals surface area contributed by atoms with Crippen LogP contribution in [-0.4, -0.2) is 7.05 Å². The second-order valence-electron chi connectivity index (χ2n) is 0. The van der Waals surface area contributed by atoms with Crippen molar-refractivity contribution in [3.63, 3.8) is 0 Å². The van der Waals surface area contributed by atoms with Gasteiger partial charge >= 0.3 is 0 Å². The lowest BCUT2D eigenvalue weighted by Gasteiger charge is -1.19. The van der Waals surface area contributed by atoms with Crippen LogP contribution in [0, 0.1) is 0 Å². The van der Waals surface area contributed by atoms with Crippen LogP contribution in [0.25, 0.3) is 0 Å². The normalized spacial score (nSPS) is 2.00. The second kappa shape index (κ2) is 3200. The topological polar surface area (TPSA) is 61.0 Å². The second-order valence-corrected chi connectivity index (χ2v) is 0. The van der Waals surface area contributed by atoms with Gasteiger partial charge in [-0.05, 0) is 7.05 Å². The molecule has 0 saturated heterocycles. The first-order valence-corrected chi connectivity index (χ1v) is 1.58. The van der Waals surface area contributed by atoms with E-state index in [0.29, 0.717) is 0 Å². The highest BCUT2D eigenvalue weighted by atomic mass is 19.0. The van der Waals surface area contributed by atoms with E-state index >= 15 is 0 Å². The Morgan fingerprint density at radius 1 is 1.17 bits per heavy atom. The van der Waals surface area contributed by atoms with E-state index in [-0.39, 0.29) is 12.3 Å². The summed E-state index contributed by atoms with van der Waals surface area (Å²) >= 11 is 0. The van der Waals surface area contributed by atoms with Gasteiger partial charge in [0.2, 0.25) is 0 Å². The standard InChI is InChI=1S/C2H6.CH5N.FH.H3N.H2/c2*1-2;;;/h1-2H3;2H2,1H3;1H;1H3;1H. The molecule has 0 atom stereocenters. The molecule has 0 saturated carbocycles. The zero-order valence-corrected chi connectivity index (χ0v) is 4.69. The van der Waals surface area contributed by atoms with Crippen molar-refractivity contribution in [2.24, 2.45) is 5.73 Å². The summed E-state index contributed by atoms with van der Waals surface area (Å²) in [5, 5.41) is 0. The third kappa shape index (κ3) is 1390. The molecule has 0 aromatic rings. The van der Waals surface area contributed by atoms with Crippen LogP contribution in [0.15, 0.2) is 0 Å². The van der Waals surface area contributed by atoms with Crippen molar-refractivity contribution in [1.29, 1.82) is 0 Å². The summed E-state index contributed by atoms with van der Waals surface area (Å²) < 4.78 is 0. The third-order valence-electron chi connectivity index (χ3n) is 0. The molecule has 46 valence electrons. The zero-order valence-electron chi connectivity index (χ0n) is 4.69. The van der Waals surface area contributed by atoms with E-state index in [4.69, 9.17) is 0 Å². The minimum Gasteiger partial charge on any atom is -0.344 e. The molecular formula is C3H17FN2. The average Bonchev–Trinajstić information content (AvgIpc) is 1.50. The molecule has 2 nitrogen and oxygen atoms in total. The molecule has 3 heteroatoms. The summed E-state index contributed by atoms with van der Waals surface area (Å²) in [5.41, 5.74) is 4.50. The summed E-state index contributed by atoms with van der Waals surface area (Å²) in [6.45, 7) is 4.00. The molecule has 0 heterocycles. The number of rotatable bonds is 0. The molecule has 0 rings (SSSR count). The molecule has 0 fully saturated rings. The lowest BCUT2D eigenvalue weighted by Crippen LogP contribution is -1.69. The van der Waals surface area contributed by atoms with Crippen LogP contribution < -0.4 is 11.9 Å². The van der Waals surface area contributed by atoms with Crippen molar-refractivity contribution in [3.05, 3.63) is 0 Å². The molecule has 0 radical (unpaired) electrons. The molecule has 0 aliphatic heterocycles. The van der Waals surface area contributed by atoms with Crippen LogP contribution in [0.1, 0.15) is 15.3 Å². The van der Waals surface area contributed by atoms with Gasteiger partial charge in [0.25, 0.3) is 0 Å². The predicted octanol–water partition coefficient (Wildman–Crippen LogP) is 1.16. The summed E-state index contributed by atoms with van der Waals surface area (Å²) in [5.74, 6) is 0. The first-order valence-electron chi connectivity index (χ1n) is 1.58. The smallest absolute Gasteiger partial charge is 0 e. The first kappa shape index (κ1) is 40.2. The van der Waals surface area contributed by atoms with E-state index in [1.54, 1.807) is 0 Å². The minimum atomic E-state index is 0. The third-order valence-corrected chi connectivity index (χ3v) is 0. The first-order chi connectivity index (χ1) is 2.00. The molecule has 0 aromatic carbocycles. The van der Waals surface area contributed by atoms with E-state index in [2.05, 4.69) is 5.73 Å². The van der Waals surface area contributed by atoms with E-state index < -0.39 is 0 Å². The van der Waals surface area contributed by atoms with E-state index in [1.165, 1.54) is 7.05 Å². The van der Waals surface area contributed by atoms with Crippen molar-refractivity contribution in [2.45, 2.75) is 13.8 Å². The van der Waals surface area contributed by atoms with Crippen molar-refractivity contribution in [3.8, 4) is 0 Å². The van der Waals surface area contributed by atoms with Gasteiger partial charge in [-0.15, -0.1) is 0 Å². The summed E-state index contributed by atoms with van der Waals surface area (Å²) in [6.07, 6.45) is 0. The Hall–Kier alpha value is -0.150. The van der Waals surface area contributed by atoms with Crippen molar-refractivity contribution in [2.75, 3.05) is 7.05 Å². The van der Waals surface area contributed by atoms with Gasteiger partial charge in [0.1, 0.15) is 0 Å². The van der Waals surface area contributed by atoms with Crippen LogP contribution in [-0.2, 0) is 0 Å². The van der Waals surface area contributed by atoms with Crippen LogP contribution in [0.4, 0.5) is 4.70 Å². The lowest BCUT2D eigenvalue weighted by molar-refractivity contribution is 1.11. The fourth-order valence-corrected chi connectivity index (χ4v) is 0. The van der Waals surface area contributed by atoms with E-state index in [0.717, 1.165) is 0 Å². The van der Waals surface area contributed by atoms with Crippen LogP contribution >= 0.6 is 0 Å². The van der Waals surface area contributed by atoms with Gasteiger partial charge in [-0.1, -0.05) is 13.8 Å². The van der Waals surface area contributed by atoms with Crippen LogP contribution in [0.3, 0.4) is 0 Å². The van der Waals surface area contributed by atoms with Gasteiger partial charge in [-0.3, -0.25) is 4.70 Å². The Balaban J connectivity index is -0.00000000267. The fourth-order valence-electron chi connectivity index (χ4n) is 0. The lowest BCUT2D eigenvalue weighted by atomic mass is 11.0. The molecule has 5 N–H and O–H groups in total. The Morgan fingerprint density at radius 2 is 1.17 bits per heavy atom.